The lowest BCUT2D eigenvalue weighted by molar-refractivity contribution is -0.141. The normalized spacial score (nSPS) is 11.2. The van der Waals surface area contributed by atoms with Gasteiger partial charge in [-0.05, 0) is 17.7 Å². The third-order valence-corrected chi connectivity index (χ3v) is 3.58. The van der Waals surface area contributed by atoms with Crippen LogP contribution in [0.25, 0.3) is 0 Å². The minimum absolute atomic E-state index is 0.248. The van der Waals surface area contributed by atoms with E-state index in [0.717, 1.165) is 5.56 Å². The highest BCUT2D eigenvalue weighted by molar-refractivity contribution is 5.98. The van der Waals surface area contributed by atoms with E-state index in [1.807, 2.05) is 30.3 Å². The summed E-state index contributed by atoms with van der Waals surface area (Å²) in [5.41, 5.74) is 1.36. The molecule has 0 radical (unpaired) electrons. The summed E-state index contributed by atoms with van der Waals surface area (Å²) in [7, 11) is 1.24. The molecule has 130 valence electrons. The van der Waals surface area contributed by atoms with Gasteiger partial charge in [0.25, 0.3) is 5.91 Å². The van der Waals surface area contributed by atoms with Crippen molar-refractivity contribution in [3.05, 3.63) is 71.8 Å². The standard InChI is InChI=1S/C19H20N2O4/c1-25-17(22)13-20-19(24)16(12-14-8-4-2-5-9-14)21-18(23)15-10-6-3-7-11-15/h2-11,16H,12-13H2,1H3,(H,20,24)(H,21,23)/t16-/m0/s1. The van der Waals surface area contributed by atoms with E-state index in [4.69, 9.17) is 0 Å². The van der Waals surface area contributed by atoms with Crippen LogP contribution in [-0.2, 0) is 20.7 Å². The van der Waals surface area contributed by atoms with Gasteiger partial charge in [-0.1, -0.05) is 48.5 Å². The van der Waals surface area contributed by atoms with Gasteiger partial charge in [-0.3, -0.25) is 14.4 Å². The van der Waals surface area contributed by atoms with Crippen LogP contribution in [0.2, 0.25) is 0 Å². The predicted molar refractivity (Wildman–Crippen MR) is 92.9 cm³/mol. The number of methoxy groups -OCH3 is 1. The van der Waals surface area contributed by atoms with Crippen molar-refractivity contribution in [2.45, 2.75) is 12.5 Å². The highest BCUT2D eigenvalue weighted by atomic mass is 16.5. The molecular weight excluding hydrogens is 320 g/mol. The second-order valence-corrected chi connectivity index (χ2v) is 5.38. The summed E-state index contributed by atoms with van der Waals surface area (Å²) in [5, 5.41) is 5.20. The highest BCUT2D eigenvalue weighted by Gasteiger charge is 2.22. The molecule has 0 fully saturated rings. The minimum atomic E-state index is -0.806. The van der Waals surface area contributed by atoms with Crippen LogP contribution in [0.5, 0.6) is 0 Å². The van der Waals surface area contributed by atoms with Crippen molar-refractivity contribution in [3.63, 3.8) is 0 Å². The van der Waals surface area contributed by atoms with E-state index in [2.05, 4.69) is 15.4 Å². The van der Waals surface area contributed by atoms with Gasteiger partial charge >= 0.3 is 5.97 Å². The van der Waals surface area contributed by atoms with Crippen molar-refractivity contribution in [3.8, 4) is 0 Å². The van der Waals surface area contributed by atoms with E-state index in [1.165, 1.54) is 7.11 Å². The Morgan fingerprint density at radius 1 is 0.960 bits per heavy atom. The average Bonchev–Trinajstić information content (AvgIpc) is 2.66. The number of esters is 1. The molecule has 2 aromatic rings. The van der Waals surface area contributed by atoms with Crippen LogP contribution in [0.4, 0.5) is 0 Å². The molecule has 0 bridgehead atoms. The third kappa shape index (κ3) is 5.76. The highest BCUT2D eigenvalue weighted by Crippen LogP contribution is 2.05. The number of rotatable bonds is 7. The molecule has 0 aliphatic rings. The van der Waals surface area contributed by atoms with E-state index in [-0.39, 0.29) is 12.5 Å². The molecule has 0 saturated carbocycles. The topological polar surface area (TPSA) is 84.5 Å². The van der Waals surface area contributed by atoms with Gasteiger partial charge in [0.2, 0.25) is 5.91 Å². The molecule has 0 aliphatic carbocycles. The molecule has 1 atom stereocenters. The number of ether oxygens (including phenoxy) is 1. The number of hydrogen-bond donors (Lipinski definition) is 2. The molecule has 2 amide bonds. The summed E-state index contributed by atoms with van der Waals surface area (Å²) < 4.78 is 4.51. The fourth-order valence-electron chi connectivity index (χ4n) is 2.24. The molecule has 2 N–H and O–H groups in total. The van der Waals surface area contributed by atoms with Crippen LogP contribution in [-0.4, -0.2) is 37.5 Å². The maximum Gasteiger partial charge on any atom is 0.325 e. The molecule has 2 aromatic carbocycles. The Hall–Kier alpha value is -3.15. The van der Waals surface area contributed by atoms with Crippen molar-refractivity contribution in [2.75, 3.05) is 13.7 Å². The van der Waals surface area contributed by atoms with E-state index < -0.39 is 17.9 Å². The third-order valence-electron chi connectivity index (χ3n) is 3.58. The number of carbonyl (C=O) groups excluding carboxylic acids is 3. The second kappa shape index (κ2) is 9.22. The van der Waals surface area contributed by atoms with Gasteiger partial charge < -0.3 is 15.4 Å². The van der Waals surface area contributed by atoms with E-state index in [1.54, 1.807) is 30.3 Å². The molecule has 6 heteroatoms. The first kappa shape index (κ1) is 18.2. The lowest BCUT2D eigenvalue weighted by Gasteiger charge is -2.18. The summed E-state index contributed by atoms with van der Waals surface area (Å²) in [5.74, 6) is -1.35. The van der Waals surface area contributed by atoms with Crippen molar-refractivity contribution >= 4 is 17.8 Å². The molecule has 0 saturated heterocycles. The van der Waals surface area contributed by atoms with Crippen LogP contribution >= 0.6 is 0 Å². The summed E-state index contributed by atoms with van der Waals surface area (Å²) in [4.78, 5) is 36.0. The van der Waals surface area contributed by atoms with Gasteiger partial charge in [0.05, 0.1) is 7.11 Å². The Kier molecular flexibility index (Phi) is 6.71. The fraction of sp³-hybridized carbons (Fsp3) is 0.211. The Bertz CT molecular complexity index is 717. The molecule has 2 rings (SSSR count). The summed E-state index contributed by atoms with van der Waals surface area (Å²) >= 11 is 0. The number of benzene rings is 2. The molecule has 6 nitrogen and oxygen atoms in total. The maximum absolute atomic E-state index is 12.4. The van der Waals surface area contributed by atoms with Gasteiger partial charge in [0, 0.05) is 12.0 Å². The zero-order valence-electron chi connectivity index (χ0n) is 13.9. The molecule has 0 aromatic heterocycles. The van der Waals surface area contributed by atoms with Crippen molar-refractivity contribution in [1.82, 2.24) is 10.6 Å². The molecule has 0 aliphatic heterocycles. The van der Waals surface area contributed by atoms with Crippen LogP contribution in [0.15, 0.2) is 60.7 Å². The first-order valence-electron chi connectivity index (χ1n) is 7.84. The van der Waals surface area contributed by atoms with E-state index >= 15 is 0 Å². The Labute approximate surface area is 146 Å². The first-order chi connectivity index (χ1) is 12.1. The van der Waals surface area contributed by atoms with Crippen molar-refractivity contribution in [1.29, 1.82) is 0 Å². The van der Waals surface area contributed by atoms with Gasteiger partial charge in [-0.15, -0.1) is 0 Å². The SMILES string of the molecule is COC(=O)CNC(=O)[C@H](Cc1ccccc1)NC(=O)c1ccccc1. The lowest BCUT2D eigenvalue weighted by atomic mass is 10.0. The van der Waals surface area contributed by atoms with Crippen LogP contribution in [0.1, 0.15) is 15.9 Å². The molecular formula is C19H20N2O4. The van der Waals surface area contributed by atoms with Gasteiger partial charge in [0.15, 0.2) is 0 Å². The van der Waals surface area contributed by atoms with Crippen molar-refractivity contribution in [2.24, 2.45) is 0 Å². The minimum Gasteiger partial charge on any atom is -0.468 e. The van der Waals surface area contributed by atoms with Crippen LogP contribution < -0.4 is 10.6 Å². The summed E-state index contributed by atoms with van der Waals surface area (Å²) in [6.07, 6.45) is 0.312. The number of hydrogen-bond acceptors (Lipinski definition) is 4. The smallest absolute Gasteiger partial charge is 0.325 e. The number of nitrogens with one attached hydrogen (secondary N) is 2. The van der Waals surface area contributed by atoms with Crippen LogP contribution in [0, 0.1) is 0 Å². The van der Waals surface area contributed by atoms with E-state index in [9.17, 15) is 14.4 Å². The Morgan fingerprint density at radius 2 is 1.56 bits per heavy atom. The molecule has 0 unspecified atom stereocenters. The fourth-order valence-corrected chi connectivity index (χ4v) is 2.24. The number of carbonyl (C=O) groups is 3. The lowest BCUT2D eigenvalue weighted by Crippen LogP contribution is -2.49. The van der Waals surface area contributed by atoms with E-state index in [0.29, 0.717) is 12.0 Å². The largest absolute Gasteiger partial charge is 0.468 e. The zero-order chi connectivity index (χ0) is 18.1. The second-order valence-electron chi connectivity index (χ2n) is 5.38. The molecule has 25 heavy (non-hydrogen) atoms. The first-order valence-corrected chi connectivity index (χ1v) is 7.84. The number of amides is 2. The summed E-state index contributed by atoms with van der Waals surface area (Å²) in [6.45, 7) is -0.248. The van der Waals surface area contributed by atoms with Gasteiger partial charge in [-0.2, -0.15) is 0 Å². The van der Waals surface area contributed by atoms with Gasteiger partial charge in [-0.25, -0.2) is 0 Å². The monoisotopic (exact) mass is 340 g/mol. The van der Waals surface area contributed by atoms with Gasteiger partial charge in [0.1, 0.15) is 12.6 Å². The molecule has 0 spiro atoms. The Morgan fingerprint density at radius 3 is 2.16 bits per heavy atom. The van der Waals surface area contributed by atoms with Crippen LogP contribution in [0.3, 0.4) is 0 Å². The average molecular weight is 340 g/mol. The molecule has 0 heterocycles. The predicted octanol–water partition coefficient (Wildman–Crippen LogP) is 1.32. The quantitative estimate of drug-likeness (QED) is 0.745. The zero-order valence-corrected chi connectivity index (χ0v) is 13.9. The van der Waals surface area contributed by atoms with Crippen molar-refractivity contribution < 1.29 is 19.1 Å². The summed E-state index contributed by atoms with van der Waals surface area (Å²) in [6, 6.07) is 17.2. The maximum atomic E-state index is 12.4. The Balaban J connectivity index is 2.09.